The molecule has 3 rings (SSSR count). The van der Waals surface area contributed by atoms with E-state index in [2.05, 4.69) is 5.32 Å². The van der Waals surface area contributed by atoms with Crippen LogP contribution in [0.3, 0.4) is 0 Å². The number of rotatable bonds is 9. The van der Waals surface area contributed by atoms with E-state index in [-0.39, 0.29) is 0 Å². The lowest BCUT2D eigenvalue weighted by Crippen LogP contribution is -2.40. The zero-order valence-electron chi connectivity index (χ0n) is 17.3. The fraction of sp³-hybridized carbons (Fsp3) is 0.200. The Morgan fingerprint density at radius 2 is 1.42 bits per heavy atom. The van der Waals surface area contributed by atoms with E-state index in [1.807, 2.05) is 24.3 Å². The van der Waals surface area contributed by atoms with E-state index in [4.69, 9.17) is 9.47 Å². The second kappa shape index (κ2) is 10.4. The van der Waals surface area contributed by atoms with Crippen LogP contribution in [-0.4, -0.2) is 37.2 Å². The Hall–Kier alpha value is -3.64. The second-order valence-electron chi connectivity index (χ2n) is 6.93. The van der Waals surface area contributed by atoms with Gasteiger partial charge in [-0.3, -0.25) is 4.79 Å². The number of carbonyl (C=O) groups excluding carboxylic acids is 2. The Labute approximate surface area is 181 Å². The molecular formula is C25H25NO5. The van der Waals surface area contributed by atoms with Crippen LogP contribution in [0.15, 0.2) is 84.9 Å². The van der Waals surface area contributed by atoms with Gasteiger partial charge in [-0.05, 0) is 29.2 Å². The molecule has 0 bridgehead atoms. The number of methoxy groups -OCH3 is 1. The van der Waals surface area contributed by atoms with Crippen LogP contribution in [0.2, 0.25) is 0 Å². The average molecular weight is 419 g/mol. The van der Waals surface area contributed by atoms with Gasteiger partial charge in [-0.1, -0.05) is 78.9 Å². The molecule has 0 saturated carbocycles. The molecule has 0 atom stereocenters. The third-order valence-corrected chi connectivity index (χ3v) is 4.92. The lowest BCUT2D eigenvalue weighted by atomic mass is 9.86. The van der Waals surface area contributed by atoms with Gasteiger partial charge in [-0.2, -0.15) is 0 Å². The lowest BCUT2D eigenvalue weighted by molar-refractivity contribution is -0.164. The minimum absolute atomic E-state index is 0.360. The highest BCUT2D eigenvalue weighted by molar-refractivity contribution is 5.88. The molecule has 0 unspecified atom stereocenters. The second-order valence-corrected chi connectivity index (χ2v) is 6.93. The van der Waals surface area contributed by atoms with Crippen molar-refractivity contribution in [2.45, 2.75) is 12.0 Å². The number of para-hydroxylation sites is 1. The molecule has 0 heterocycles. The molecule has 6 nitrogen and oxygen atoms in total. The van der Waals surface area contributed by atoms with Crippen LogP contribution < -0.4 is 10.1 Å². The van der Waals surface area contributed by atoms with Gasteiger partial charge in [0.05, 0.1) is 7.11 Å². The number of benzene rings is 3. The quantitative estimate of drug-likeness (QED) is 0.521. The first kappa shape index (κ1) is 22.1. The highest BCUT2D eigenvalue weighted by atomic mass is 16.6. The molecule has 0 aliphatic carbocycles. The summed E-state index contributed by atoms with van der Waals surface area (Å²) in [6, 6.07) is 24.6. The van der Waals surface area contributed by atoms with Crippen LogP contribution in [0.25, 0.3) is 0 Å². The number of ether oxygens (including phenoxy) is 2. The summed E-state index contributed by atoms with van der Waals surface area (Å²) in [7, 11) is 1.59. The van der Waals surface area contributed by atoms with Crippen LogP contribution in [0, 0.1) is 0 Å². The Kier molecular flexibility index (Phi) is 7.40. The SMILES string of the molecule is COc1ccccc1CCNC(=O)COC(=O)C(O)(c1ccccc1)c1ccccc1. The van der Waals surface area contributed by atoms with Crippen molar-refractivity contribution >= 4 is 11.9 Å². The van der Waals surface area contributed by atoms with E-state index in [1.165, 1.54) is 0 Å². The summed E-state index contributed by atoms with van der Waals surface area (Å²) in [6.45, 7) is -0.134. The average Bonchev–Trinajstić information content (AvgIpc) is 2.83. The number of amides is 1. The number of esters is 1. The maximum absolute atomic E-state index is 12.9. The van der Waals surface area contributed by atoms with Crippen molar-refractivity contribution in [3.8, 4) is 5.75 Å². The molecule has 160 valence electrons. The van der Waals surface area contributed by atoms with Gasteiger partial charge in [0, 0.05) is 6.54 Å². The summed E-state index contributed by atoms with van der Waals surface area (Å²) >= 11 is 0. The lowest BCUT2D eigenvalue weighted by Gasteiger charge is -2.26. The zero-order chi connectivity index (χ0) is 22.1. The van der Waals surface area contributed by atoms with Crippen LogP contribution in [0.4, 0.5) is 0 Å². The zero-order valence-corrected chi connectivity index (χ0v) is 17.3. The number of aliphatic hydroxyl groups is 1. The molecule has 2 N–H and O–H groups in total. The first-order valence-corrected chi connectivity index (χ1v) is 9.95. The first-order chi connectivity index (χ1) is 15.1. The molecule has 0 saturated heterocycles. The minimum atomic E-state index is -2.01. The van der Waals surface area contributed by atoms with E-state index in [0.717, 1.165) is 11.3 Å². The highest BCUT2D eigenvalue weighted by Crippen LogP contribution is 2.31. The van der Waals surface area contributed by atoms with Gasteiger partial charge in [0.2, 0.25) is 5.60 Å². The third-order valence-electron chi connectivity index (χ3n) is 4.92. The molecule has 3 aromatic rings. The smallest absolute Gasteiger partial charge is 0.348 e. The Balaban J connectivity index is 1.61. The van der Waals surface area contributed by atoms with E-state index < -0.39 is 24.1 Å². The number of carbonyl (C=O) groups is 2. The fourth-order valence-corrected chi connectivity index (χ4v) is 3.29. The molecule has 1 amide bonds. The molecule has 0 aliphatic rings. The number of nitrogens with one attached hydrogen (secondary N) is 1. The van der Waals surface area contributed by atoms with Crippen molar-refractivity contribution in [3.05, 3.63) is 102 Å². The molecular weight excluding hydrogens is 394 g/mol. The molecule has 6 heteroatoms. The van der Waals surface area contributed by atoms with Gasteiger partial charge in [0.15, 0.2) is 6.61 Å². The minimum Gasteiger partial charge on any atom is -0.496 e. The largest absolute Gasteiger partial charge is 0.496 e. The van der Waals surface area contributed by atoms with E-state index >= 15 is 0 Å². The summed E-state index contributed by atoms with van der Waals surface area (Å²) < 4.78 is 10.5. The summed E-state index contributed by atoms with van der Waals surface area (Å²) in [5.74, 6) is -0.615. The van der Waals surface area contributed by atoms with Gasteiger partial charge in [-0.15, -0.1) is 0 Å². The van der Waals surface area contributed by atoms with Crippen molar-refractivity contribution < 1.29 is 24.2 Å². The molecule has 0 aliphatic heterocycles. The number of hydrogen-bond acceptors (Lipinski definition) is 5. The van der Waals surface area contributed by atoms with Gasteiger partial charge in [0.1, 0.15) is 5.75 Å². The molecule has 3 aromatic carbocycles. The normalized spacial score (nSPS) is 10.9. The van der Waals surface area contributed by atoms with Crippen LogP contribution in [0.5, 0.6) is 5.75 Å². The van der Waals surface area contributed by atoms with Crippen LogP contribution >= 0.6 is 0 Å². The van der Waals surface area contributed by atoms with Crippen molar-refractivity contribution in [3.63, 3.8) is 0 Å². The summed E-state index contributed by atoms with van der Waals surface area (Å²) in [6.07, 6.45) is 0.571. The van der Waals surface area contributed by atoms with Crippen molar-refractivity contribution in [1.82, 2.24) is 5.32 Å². The molecule has 0 spiro atoms. The van der Waals surface area contributed by atoms with Crippen molar-refractivity contribution in [2.75, 3.05) is 20.3 Å². The topological polar surface area (TPSA) is 84.9 Å². The van der Waals surface area contributed by atoms with Crippen LogP contribution in [-0.2, 0) is 26.3 Å². The Bertz CT molecular complexity index is 965. The maximum atomic E-state index is 12.9. The number of hydrogen-bond donors (Lipinski definition) is 2. The summed E-state index contributed by atoms with van der Waals surface area (Å²) in [5.41, 5.74) is -0.324. The fourth-order valence-electron chi connectivity index (χ4n) is 3.29. The highest BCUT2D eigenvalue weighted by Gasteiger charge is 2.41. The van der Waals surface area contributed by atoms with Gasteiger partial charge in [-0.25, -0.2) is 4.79 Å². The predicted molar refractivity (Wildman–Crippen MR) is 117 cm³/mol. The standard InChI is InChI=1S/C25H25NO5/c1-30-22-15-9-8-10-19(22)16-17-26-23(27)18-31-24(28)25(29,20-11-4-2-5-12-20)21-13-6-3-7-14-21/h2-15,29H,16-18H2,1H3,(H,26,27). The summed E-state index contributed by atoms with van der Waals surface area (Å²) in [4.78, 5) is 25.1. The van der Waals surface area contributed by atoms with Crippen molar-refractivity contribution in [1.29, 1.82) is 0 Å². The molecule has 31 heavy (non-hydrogen) atoms. The maximum Gasteiger partial charge on any atom is 0.348 e. The molecule has 0 radical (unpaired) electrons. The summed E-state index contributed by atoms with van der Waals surface area (Å²) in [5, 5.41) is 14.0. The monoisotopic (exact) mass is 419 g/mol. The van der Waals surface area contributed by atoms with Crippen LogP contribution in [0.1, 0.15) is 16.7 Å². The Morgan fingerprint density at radius 1 is 0.871 bits per heavy atom. The van der Waals surface area contributed by atoms with Gasteiger partial charge in [0.25, 0.3) is 5.91 Å². The molecule has 0 aromatic heterocycles. The van der Waals surface area contributed by atoms with E-state index in [9.17, 15) is 14.7 Å². The van der Waals surface area contributed by atoms with E-state index in [0.29, 0.717) is 24.1 Å². The van der Waals surface area contributed by atoms with Gasteiger partial charge < -0.3 is 19.9 Å². The van der Waals surface area contributed by atoms with Crippen molar-refractivity contribution in [2.24, 2.45) is 0 Å². The Morgan fingerprint density at radius 3 is 2.00 bits per heavy atom. The van der Waals surface area contributed by atoms with Gasteiger partial charge >= 0.3 is 5.97 Å². The first-order valence-electron chi connectivity index (χ1n) is 9.95. The third kappa shape index (κ3) is 5.29. The molecule has 0 fully saturated rings. The van der Waals surface area contributed by atoms with E-state index in [1.54, 1.807) is 67.8 Å². The predicted octanol–water partition coefficient (Wildman–Crippen LogP) is 2.83.